The third-order valence-corrected chi connectivity index (χ3v) is 7.55. The number of hydrogen-bond donors (Lipinski definition) is 0. The number of fused-ring (bicyclic) bond motifs is 3. The number of ether oxygens (including phenoxy) is 1. The lowest BCUT2D eigenvalue weighted by atomic mass is 9.45. The molecule has 3 aliphatic carbocycles. The van der Waals surface area contributed by atoms with Gasteiger partial charge in [-0.2, -0.15) is 0 Å². The molecule has 23 heavy (non-hydrogen) atoms. The molecule has 0 aromatic heterocycles. The van der Waals surface area contributed by atoms with Crippen LogP contribution in [0.2, 0.25) is 0 Å². The molecule has 2 nitrogen and oxygen atoms in total. The first kappa shape index (κ1) is 16.8. The minimum atomic E-state index is -0.299. The van der Waals surface area contributed by atoms with Crippen LogP contribution >= 0.6 is 0 Å². The number of esters is 1. The van der Waals surface area contributed by atoms with Crippen molar-refractivity contribution in [2.45, 2.75) is 65.7 Å². The Hall–Kier alpha value is -1.05. The first-order chi connectivity index (χ1) is 10.8. The fraction of sp³-hybridized carbons (Fsp3) is 0.762. The van der Waals surface area contributed by atoms with E-state index in [0.29, 0.717) is 11.8 Å². The van der Waals surface area contributed by atoms with E-state index in [4.69, 9.17) is 4.74 Å². The molecule has 0 saturated heterocycles. The predicted octanol–water partition coefficient (Wildman–Crippen LogP) is 5.29. The van der Waals surface area contributed by atoms with Gasteiger partial charge < -0.3 is 4.74 Å². The van der Waals surface area contributed by atoms with Gasteiger partial charge >= 0.3 is 5.97 Å². The summed E-state index contributed by atoms with van der Waals surface area (Å²) >= 11 is 0. The summed E-state index contributed by atoms with van der Waals surface area (Å²) in [5, 5.41) is 0. The van der Waals surface area contributed by atoms with Crippen molar-refractivity contribution in [1.29, 1.82) is 0 Å². The maximum Gasteiger partial charge on any atom is 0.311 e. The molecule has 0 aliphatic heterocycles. The van der Waals surface area contributed by atoms with Crippen LogP contribution < -0.4 is 0 Å². The third-order valence-electron chi connectivity index (χ3n) is 7.55. The highest BCUT2D eigenvalue weighted by Gasteiger charge is 2.58. The molecular weight excluding hydrogens is 284 g/mol. The van der Waals surface area contributed by atoms with Crippen LogP contribution in [0, 0.1) is 28.1 Å². The van der Waals surface area contributed by atoms with Crippen LogP contribution in [0.15, 0.2) is 24.3 Å². The highest BCUT2D eigenvalue weighted by atomic mass is 16.5. The Bertz CT molecular complexity index is 548. The van der Waals surface area contributed by atoms with Gasteiger partial charge in [0.1, 0.15) is 0 Å². The number of carbonyl (C=O) groups excluding carboxylic acids is 1. The minimum Gasteiger partial charge on any atom is -0.469 e. The van der Waals surface area contributed by atoms with Gasteiger partial charge in [0.05, 0.1) is 12.5 Å². The van der Waals surface area contributed by atoms with Crippen LogP contribution in [-0.2, 0) is 9.53 Å². The minimum absolute atomic E-state index is 0.00703. The molecule has 0 N–H and O–H groups in total. The van der Waals surface area contributed by atoms with Crippen molar-refractivity contribution >= 4 is 5.97 Å². The van der Waals surface area contributed by atoms with Gasteiger partial charge in [-0.25, -0.2) is 0 Å². The topological polar surface area (TPSA) is 26.3 Å². The van der Waals surface area contributed by atoms with Crippen molar-refractivity contribution < 1.29 is 9.53 Å². The van der Waals surface area contributed by atoms with Gasteiger partial charge in [0.25, 0.3) is 0 Å². The van der Waals surface area contributed by atoms with Crippen molar-refractivity contribution in [3.05, 3.63) is 24.3 Å². The van der Waals surface area contributed by atoms with Gasteiger partial charge in [-0.15, -0.1) is 6.58 Å². The molecular formula is C21H32O2. The maximum absolute atomic E-state index is 12.5. The molecule has 0 unspecified atom stereocenters. The van der Waals surface area contributed by atoms with E-state index in [1.807, 2.05) is 0 Å². The van der Waals surface area contributed by atoms with Gasteiger partial charge in [-0.05, 0) is 62.7 Å². The smallest absolute Gasteiger partial charge is 0.311 e. The molecule has 2 saturated carbocycles. The van der Waals surface area contributed by atoms with E-state index < -0.39 is 0 Å². The predicted molar refractivity (Wildman–Crippen MR) is 93.9 cm³/mol. The van der Waals surface area contributed by atoms with Crippen LogP contribution in [-0.4, -0.2) is 13.1 Å². The standard InChI is InChI=1S/C21H32O2/c1-6-19(2)13-10-16-15(14-19)8-9-17-20(16,3)11-7-12-21(17,4)18(22)23-5/h6,14,16-17H,1,7-13H2,2-5H3/t16-,17+,19-,20+,21+/m0/s1. The highest BCUT2D eigenvalue weighted by molar-refractivity contribution is 5.77. The van der Waals surface area contributed by atoms with E-state index in [1.54, 1.807) is 12.7 Å². The number of allylic oxidation sites excluding steroid dienone is 3. The molecule has 0 radical (unpaired) electrons. The zero-order valence-electron chi connectivity index (χ0n) is 15.3. The largest absolute Gasteiger partial charge is 0.469 e. The van der Waals surface area contributed by atoms with Gasteiger partial charge in [0, 0.05) is 5.41 Å². The summed E-state index contributed by atoms with van der Waals surface area (Å²) in [6, 6.07) is 0. The molecule has 128 valence electrons. The molecule has 0 bridgehead atoms. The van der Waals surface area contributed by atoms with Crippen molar-refractivity contribution in [3.8, 4) is 0 Å². The van der Waals surface area contributed by atoms with Crippen molar-refractivity contribution in [2.24, 2.45) is 28.1 Å². The Morgan fingerprint density at radius 2 is 2.00 bits per heavy atom. The second kappa shape index (κ2) is 5.50. The van der Waals surface area contributed by atoms with E-state index >= 15 is 0 Å². The van der Waals surface area contributed by atoms with Gasteiger partial charge in [0.15, 0.2) is 0 Å². The molecule has 0 heterocycles. The fourth-order valence-electron chi connectivity index (χ4n) is 6.16. The second-order valence-electron chi connectivity index (χ2n) is 8.88. The van der Waals surface area contributed by atoms with E-state index in [2.05, 4.69) is 39.5 Å². The van der Waals surface area contributed by atoms with Crippen molar-refractivity contribution in [3.63, 3.8) is 0 Å². The zero-order valence-corrected chi connectivity index (χ0v) is 15.3. The summed E-state index contributed by atoms with van der Waals surface area (Å²) in [5.41, 5.74) is 1.74. The van der Waals surface area contributed by atoms with Gasteiger partial charge in [-0.1, -0.05) is 38.0 Å². The number of methoxy groups -OCH3 is 1. The lowest BCUT2D eigenvalue weighted by molar-refractivity contribution is -0.168. The van der Waals surface area contributed by atoms with Crippen LogP contribution in [0.3, 0.4) is 0 Å². The SMILES string of the molecule is C=C[C@]1(C)C=C2CC[C@@H]3[C@](C)(CCC[C@@]3(C)C(=O)OC)[C@H]2CC1. The molecule has 5 atom stereocenters. The summed E-state index contributed by atoms with van der Waals surface area (Å²) < 4.78 is 5.21. The number of carbonyl (C=O) groups is 1. The fourth-order valence-corrected chi connectivity index (χ4v) is 6.16. The Labute approximate surface area is 141 Å². The Morgan fingerprint density at radius 3 is 2.65 bits per heavy atom. The van der Waals surface area contributed by atoms with Crippen molar-refractivity contribution in [2.75, 3.05) is 7.11 Å². The number of rotatable bonds is 2. The summed E-state index contributed by atoms with van der Waals surface area (Å²) in [6.45, 7) is 11.0. The first-order valence-corrected chi connectivity index (χ1v) is 9.23. The zero-order chi connectivity index (χ0) is 16.9. The monoisotopic (exact) mass is 316 g/mol. The first-order valence-electron chi connectivity index (χ1n) is 9.23. The Morgan fingerprint density at radius 1 is 1.26 bits per heavy atom. The van der Waals surface area contributed by atoms with Gasteiger partial charge in [-0.3, -0.25) is 4.79 Å². The van der Waals surface area contributed by atoms with Crippen LogP contribution in [0.1, 0.15) is 65.7 Å². The lowest BCUT2D eigenvalue weighted by Gasteiger charge is -2.59. The second-order valence-corrected chi connectivity index (χ2v) is 8.88. The summed E-state index contributed by atoms with van der Waals surface area (Å²) in [6.07, 6.45) is 12.7. The van der Waals surface area contributed by atoms with Crippen molar-refractivity contribution in [1.82, 2.24) is 0 Å². The normalized spacial score (nSPS) is 46.2. The van der Waals surface area contributed by atoms with E-state index in [1.165, 1.54) is 19.3 Å². The van der Waals surface area contributed by atoms with E-state index in [9.17, 15) is 4.79 Å². The lowest BCUT2D eigenvalue weighted by Crippen LogP contribution is -2.54. The molecule has 0 amide bonds. The summed E-state index contributed by atoms with van der Waals surface area (Å²) in [4.78, 5) is 12.5. The Kier molecular flexibility index (Phi) is 4.01. The van der Waals surface area contributed by atoms with Crippen LogP contribution in [0.25, 0.3) is 0 Å². The quantitative estimate of drug-likeness (QED) is 0.511. The number of hydrogen-bond acceptors (Lipinski definition) is 2. The molecule has 0 spiro atoms. The maximum atomic E-state index is 12.5. The molecule has 0 aromatic carbocycles. The average Bonchev–Trinajstić information content (AvgIpc) is 2.53. The van der Waals surface area contributed by atoms with E-state index in [-0.39, 0.29) is 22.2 Å². The van der Waals surface area contributed by atoms with E-state index in [0.717, 1.165) is 25.7 Å². The summed E-state index contributed by atoms with van der Waals surface area (Å²) in [5.74, 6) is 1.09. The molecule has 2 heteroatoms. The van der Waals surface area contributed by atoms with Crippen LogP contribution in [0.5, 0.6) is 0 Å². The molecule has 2 fully saturated rings. The van der Waals surface area contributed by atoms with Gasteiger partial charge in [0.2, 0.25) is 0 Å². The third kappa shape index (κ3) is 2.40. The molecule has 3 aliphatic rings. The summed E-state index contributed by atoms with van der Waals surface area (Å²) in [7, 11) is 1.55. The highest BCUT2D eigenvalue weighted by Crippen LogP contribution is 2.64. The molecule has 0 aromatic rings. The average molecular weight is 316 g/mol. The molecule has 3 rings (SSSR count). The Balaban J connectivity index is 1.98. The van der Waals surface area contributed by atoms with Crippen LogP contribution in [0.4, 0.5) is 0 Å².